The Morgan fingerprint density at radius 2 is 2.08 bits per heavy atom. The summed E-state index contributed by atoms with van der Waals surface area (Å²) in [6, 6.07) is 0. The molecular formula is C8H15NO3. The first-order valence-corrected chi connectivity index (χ1v) is 4.10. The summed E-state index contributed by atoms with van der Waals surface area (Å²) >= 11 is 0. The van der Waals surface area contributed by atoms with E-state index in [-0.39, 0.29) is 18.9 Å². The van der Waals surface area contributed by atoms with Gasteiger partial charge in [-0.2, -0.15) is 4.91 Å². The maximum atomic E-state index is 11.3. The molecule has 0 heterocycles. The summed E-state index contributed by atoms with van der Waals surface area (Å²) in [5, 5.41) is 11.7. The molecule has 1 atom stereocenters. The van der Waals surface area contributed by atoms with Crippen molar-refractivity contribution in [3.05, 3.63) is 4.91 Å². The Bertz CT molecular complexity index is 164. The predicted octanol–water partition coefficient (Wildman–Crippen LogP) is 1.12. The number of ketones is 1. The van der Waals surface area contributed by atoms with Crippen molar-refractivity contribution in [1.82, 2.24) is 0 Å². The lowest BCUT2D eigenvalue weighted by Gasteiger charge is -2.25. The lowest BCUT2D eigenvalue weighted by atomic mass is 9.80. The minimum absolute atomic E-state index is 0.0906. The number of aliphatic hydroxyl groups is 1. The molecular weight excluding hydrogens is 158 g/mol. The molecule has 0 rings (SSSR count). The van der Waals surface area contributed by atoms with E-state index in [1.807, 2.05) is 0 Å². The fraction of sp³-hybridized carbons (Fsp3) is 0.875. The Morgan fingerprint density at radius 1 is 1.50 bits per heavy atom. The topological polar surface area (TPSA) is 66.7 Å². The third-order valence-corrected chi connectivity index (χ3v) is 2.26. The fourth-order valence-corrected chi connectivity index (χ4v) is 1.15. The zero-order valence-electron chi connectivity index (χ0n) is 7.54. The highest BCUT2D eigenvalue weighted by Gasteiger charge is 2.34. The number of hydrogen-bond acceptors (Lipinski definition) is 4. The molecule has 0 spiro atoms. The van der Waals surface area contributed by atoms with Crippen LogP contribution in [0.1, 0.15) is 26.7 Å². The number of nitroso groups, excluding NO2 is 1. The molecule has 0 aliphatic rings. The van der Waals surface area contributed by atoms with Crippen LogP contribution in [0.2, 0.25) is 0 Å². The van der Waals surface area contributed by atoms with E-state index < -0.39 is 5.41 Å². The molecule has 4 heteroatoms. The van der Waals surface area contributed by atoms with Crippen LogP contribution in [-0.2, 0) is 4.79 Å². The van der Waals surface area contributed by atoms with Crippen LogP contribution >= 0.6 is 0 Å². The normalized spacial score (nSPS) is 15.2. The first kappa shape index (κ1) is 11.2. The average Bonchev–Trinajstić information content (AvgIpc) is 2.13. The van der Waals surface area contributed by atoms with Gasteiger partial charge >= 0.3 is 0 Å². The van der Waals surface area contributed by atoms with Gasteiger partial charge in [0.25, 0.3) is 0 Å². The summed E-state index contributed by atoms with van der Waals surface area (Å²) in [7, 11) is 0. The highest BCUT2D eigenvalue weighted by atomic mass is 16.3. The minimum Gasteiger partial charge on any atom is -0.395 e. The van der Waals surface area contributed by atoms with Crippen LogP contribution < -0.4 is 0 Å². The third-order valence-electron chi connectivity index (χ3n) is 2.26. The number of rotatable bonds is 6. The Kier molecular flexibility index (Phi) is 4.66. The molecule has 0 saturated carbocycles. The van der Waals surface area contributed by atoms with Crippen LogP contribution in [0.15, 0.2) is 5.18 Å². The summed E-state index contributed by atoms with van der Waals surface area (Å²) in [6.45, 7) is 3.08. The molecule has 0 aromatic rings. The van der Waals surface area contributed by atoms with E-state index in [0.29, 0.717) is 12.8 Å². The molecule has 0 bridgehead atoms. The van der Waals surface area contributed by atoms with E-state index in [9.17, 15) is 9.70 Å². The van der Waals surface area contributed by atoms with Crippen LogP contribution in [0.3, 0.4) is 0 Å². The van der Waals surface area contributed by atoms with Gasteiger partial charge in [0.2, 0.25) is 0 Å². The van der Waals surface area contributed by atoms with E-state index >= 15 is 0 Å². The van der Waals surface area contributed by atoms with E-state index in [4.69, 9.17) is 5.11 Å². The summed E-state index contributed by atoms with van der Waals surface area (Å²) in [6.07, 6.45) is 0.797. The summed E-state index contributed by atoms with van der Waals surface area (Å²) in [5.74, 6) is -0.0906. The number of aliphatic hydroxyl groups excluding tert-OH is 1. The van der Waals surface area contributed by atoms with Crippen molar-refractivity contribution in [2.24, 2.45) is 10.6 Å². The van der Waals surface area contributed by atoms with Gasteiger partial charge in [0, 0.05) is 6.42 Å². The Hall–Kier alpha value is -0.770. The van der Waals surface area contributed by atoms with Crippen LogP contribution in [-0.4, -0.2) is 24.0 Å². The van der Waals surface area contributed by atoms with Gasteiger partial charge in [-0.05, 0) is 6.42 Å². The SMILES string of the molecule is CCC(=O)C(CC)(CO)CN=O. The molecule has 0 aliphatic heterocycles. The highest BCUT2D eigenvalue weighted by molar-refractivity contribution is 5.84. The molecule has 0 amide bonds. The second kappa shape index (κ2) is 4.98. The molecule has 0 saturated heterocycles. The number of carbonyl (C=O) groups excluding carboxylic acids is 1. The Balaban J connectivity index is 4.55. The molecule has 70 valence electrons. The van der Waals surface area contributed by atoms with E-state index in [2.05, 4.69) is 5.18 Å². The number of carbonyl (C=O) groups is 1. The molecule has 0 aromatic heterocycles. The van der Waals surface area contributed by atoms with Gasteiger partial charge in [-0.15, -0.1) is 0 Å². The number of nitrogens with zero attached hydrogens (tertiary/aromatic N) is 1. The molecule has 1 unspecified atom stereocenters. The van der Waals surface area contributed by atoms with Gasteiger partial charge in [-0.3, -0.25) is 4.79 Å². The standard InChI is InChI=1S/C8H15NO3/c1-3-7(11)8(4-2,6-10)5-9-12/h10H,3-6H2,1-2H3. The molecule has 0 fully saturated rings. The van der Waals surface area contributed by atoms with Gasteiger partial charge in [-0.25, -0.2) is 0 Å². The number of Topliss-reactive ketones (excluding diaryl/α,β-unsaturated/α-hetero) is 1. The van der Waals surface area contributed by atoms with Crippen molar-refractivity contribution < 1.29 is 9.90 Å². The minimum atomic E-state index is -0.920. The van der Waals surface area contributed by atoms with E-state index in [1.54, 1.807) is 13.8 Å². The van der Waals surface area contributed by atoms with E-state index in [0.717, 1.165) is 0 Å². The van der Waals surface area contributed by atoms with Gasteiger partial charge in [0.1, 0.15) is 5.78 Å². The molecule has 0 radical (unpaired) electrons. The van der Waals surface area contributed by atoms with Crippen molar-refractivity contribution in [3.63, 3.8) is 0 Å². The zero-order valence-corrected chi connectivity index (χ0v) is 7.54. The Labute approximate surface area is 71.9 Å². The number of hydrogen-bond donors (Lipinski definition) is 1. The van der Waals surface area contributed by atoms with E-state index in [1.165, 1.54) is 0 Å². The fourth-order valence-electron chi connectivity index (χ4n) is 1.15. The zero-order chi connectivity index (χ0) is 9.61. The van der Waals surface area contributed by atoms with Crippen molar-refractivity contribution in [2.45, 2.75) is 26.7 Å². The van der Waals surface area contributed by atoms with Gasteiger partial charge in [-0.1, -0.05) is 19.0 Å². The van der Waals surface area contributed by atoms with Gasteiger partial charge < -0.3 is 5.11 Å². The molecule has 4 nitrogen and oxygen atoms in total. The summed E-state index contributed by atoms with van der Waals surface area (Å²) in [4.78, 5) is 21.4. The first-order valence-electron chi connectivity index (χ1n) is 4.10. The largest absolute Gasteiger partial charge is 0.395 e. The Morgan fingerprint density at radius 3 is 2.33 bits per heavy atom. The highest BCUT2D eigenvalue weighted by Crippen LogP contribution is 2.24. The third kappa shape index (κ3) is 2.11. The van der Waals surface area contributed by atoms with Crippen molar-refractivity contribution >= 4 is 5.78 Å². The van der Waals surface area contributed by atoms with Gasteiger partial charge in [0.05, 0.1) is 18.6 Å². The maximum Gasteiger partial charge on any atom is 0.143 e. The molecule has 1 N–H and O–H groups in total. The monoisotopic (exact) mass is 173 g/mol. The average molecular weight is 173 g/mol. The lowest BCUT2D eigenvalue weighted by molar-refractivity contribution is -0.130. The molecule has 12 heavy (non-hydrogen) atoms. The second-order valence-electron chi connectivity index (χ2n) is 2.86. The van der Waals surface area contributed by atoms with Crippen LogP contribution in [0, 0.1) is 10.3 Å². The lowest BCUT2D eigenvalue weighted by Crippen LogP contribution is -2.36. The van der Waals surface area contributed by atoms with Crippen LogP contribution in [0.4, 0.5) is 0 Å². The summed E-state index contributed by atoms with van der Waals surface area (Å²) in [5.41, 5.74) is -0.920. The quantitative estimate of drug-likeness (QED) is 0.612. The predicted molar refractivity (Wildman–Crippen MR) is 45.8 cm³/mol. The molecule has 0 aliphatic carbocycles. The van der Waals surface area contributed by atoms with Crippen molar-refractivity contribution in [3.8, 4) is 0 Å². The first-order chi connectivity index (χ1) is 5.66. The van der Waals surface area contributed by atoms with Crippen molar-refractivity contribution in [1.29, 1.82) is 0 Å². The maximum absolute atomic E-state index is 11.3. The van der Waals surface area contributed by atoms with Gasteiger partial charge in [0.15, 0.2) is 0 Å². The molecule has 0 aromatic carbocycles. The smallest absolute Gasteiger partial charge is 0.143 e. The second-order valence-corrected chi connectivity index (χ2v) is 2.86. The van der Waals surface area contributed by atoms with Crippen LogP contribution in [0.25, 0.3) is 0 Å². The van der Waals surface area contributed by atoms with Crippen LogP contribution in [0.5, 0.6) is 0 Å². The van der Waals surface area contributed by atoms with Crippen molar-refractivity contribution in [2.75, 3.05) is 13.2 Å². The summed E-state index contributed by atoms with van der Waals surface area (Å²) < 4.78 is 0.